The summed E-state index contributed by atoms with van der Waals surface area (Å²) in [4.78, 5) is 12.0. The van der Waals surface area contributed by atoms with Gasteiger partial charge in [-0.15, -0.1) is 0 Å². The Labute approximate surface area is 120 Å². The molecular weight excluding hydrogens is 266 g/mol. The zero-order valence-electron chi connectivity index (χ0n) is 10.9. The summed E-state index contributed by atoms with van der Waals surface area (Å²) in [7, 11) is 0. The highest BCUT2D eigenvalue weighted by atomic mass is 16.2. The third kappa shape index (κ3) is 2.67. The van der Waals surface area contributed by atoms with Crippen LogP contribution in [0, 0.1) is 11.3 Å². The number of fused-ring (bicyclic) bond motifs is 1. The third-order valence-electron chi connectivity index (χ3n) is 2.98. The molecule has 0 radical (unpaired) electrons. The molecule has 0 spiro atoms. The molecule has 6 heteroatoms. The van der Waals surface area contributed by atoms with E-state index in [1.807, 2.05) is 18.2 Å². The standard InChI is InChI=1S/C15H11N5O/c16-8-10-3-1-4-11(7-10)18-15(21)19-13-5-2-6-14-12(13)9-17-20-14/h1-7,9H,(H,17,20)(H2,18,19,21). The zero-order valence-corrected chi connectivity index (χ0v) is 10.9. The monoisotopic (exact) mass is 277 g/mol. The fourth-order valence-corrected chi connectivity index (χ4v) is 2.03. The average molecular weight is 277 g/mol. The van der Waals surface area contributed by atoms with Gasteiger partial charge >= 0.3 is 6.03 Å². The number of amides is 2. The number of anilines is 2. The van der Waals surface area contributed by atoms with Crippen LogP contribution in [0.2, 0.25) is 0 Å². The van der Waals surface area contributed by atoms with E-state index in [0.29, 0.717) is 16.9 Å². The first-order valence-corrected chi connectivity index (χ1v) is 6.26. The Balaban J connectivity index is 1.77. The number of nitrogens with one attached hydrogen (secondary N) is 3. The second-order valence-electron chi connectivity index (χ2n) is 4.41. The van der Waals surface area contributed by atoms with Crippen LogP contribution >= 0.6 is 0 Å². The smallest absolute Gasteiger partial charge is 0.308 e. The molecule has 21 heavy (non-hydrogen) atoms. The molecule has 2 aromatic carbocycles. The summed E-state index contributed by atoms with van der Waals surface area (Å²) in [5.74, 6) is 0. The van der Waals surface area contributed by atoms with E-state index < -0.39 is 0 Å². The second kappa shape index (κ2) is 5.35. The van der Waals surface area contributed by atoms with Gasteiger partial charge in [0.15, 0.2) is 0 Å². The molecule has 0 aliphatic heterocycles. The molecule has 3 aromatic rings. The topological polar surface area (TPSA) is 93.6 Å². The van der Waals surface area contributed by atoms with E-state index in [0.717, 1.165) is 10.9 Å². The lowest BCUT2D eigenvalue weighted by molar-refractivity contribution is 0.262. The predicted octanol–water partition coefficient (Wildman–Crippen LogP) is 3.08. The normalized spacial score (nSPS) is 10.0. The SMILES string of the molecule is N#Cc1cccc(NC(=O)Nc2cccc3[nH]ncc23)c1. The van der Waals surface area contributed by atoms with Crippen molar-refractivity contribution in [3.8, 4) is 6.07 Å². The summed E-state index contributed by atoms with van der Waals surface area (Å²) in [6, 6.07) is 13.9. The van der Waals surface area contributed by atoms with Crippen molar-refractivity contribution in [1.29, 1.82) is 5.26 Å². The highest BCUT2D eigenvalue weighted by molar-refractivity contribution is 6.05. The van der Waals surface area contributed by atoms with Gasteiger partial charge in [0.1, 0.15) is 0 Å². The molecule has 0 aliphatic carbocycles. The van der Waals surface area contributed by atoms with Gasteiger partial charge in [0.2, 0.25) is 0 Å². The van der Waals surface area contributed by atoms with E-state index in [2.05, 4.69) is 20.8 Å². The molecule has 1 heterocycles. The molecule has 1 aromatic heterocycles. The lowest BCUT2D eigenvalue weighted by Gasteiger charge is -2.08. The summed E-state index contributed by atoms with van der Waals surface area (Å²) in [6.07, 6.45) is 1.65. The van der Waals surface area contributed by atoms with Crippen LogP contribution in [0.15, 0.2) is 48.7 Å². The van der Waals surface area contributed by atoms with E-state index in [4.69, 9.17) is 5.26 Å². The minimum atomic E-state index is -0.376. The number of aromatic nitrogens is 2. The fraction of sp³-hybridized carbons (Fsp3) is 0. The number of hydrogen-bond acceptors (Lipinski definition) is 3. The van der Waals surface area contributed by atoms with Gasteiger partial charge in [-0.05, 0) is 30.3 Å². The van der Waals surface area contributed by atoms with Gasteiger partial charge < -0.3 is 10.6 Å². The number of carbonyl (C=O) groups excluding carboxylic acids is 1. The van der Waals surface area contributed by atoms with Gasteiger partial charge in [-0.2, -0.15) is 10.4 Å². The minimum Gasteiger partial charge on any atom is -0.308 e. The summed E-state index contributed by atoms with van der Waals surface area (Å²) in [5, 5.41) is 21.9. The first-order chi connectivity index (χ1) is 10.3. The number of rotatable bonds is 2. The van der Waals surface area contributed by atoms with Crippen LogP contribution in [0.5, 0.6) is 0 Å². The first-order valence-electron chi connectivity index (χ1n) is 6.26. The highest BCUT2D eigenvalue weighted by Crippen LogP contribution is 2.21. The van der Waals surface area contributed by atoms with Crippen molar-refractivity contribution in [2.75, 3.05) is 10.6 Å². The quantitative estimate of drug-likeness (QED) is 0.672. The number of benzene rings is 2. The summed E-state index contributed by atoms with van der Waals surface area (Å²) in [6.45, 7) is 0. The van der Waals surface area contributed by atoms with Crippen LogP contribution in [0.25, 0.3) is 10.9 Å². The second-order valence-corrected chi connectivity index (χ2v) is 4.41. The van der Waals surface area contributed by atoms with Crippen LogP contribution in [-0.2, 0) is 0 Å². The Morgan fingerprint density at radius 2 is 2.05 bits per heavy atom. The molecule has 0 unspecified atom stereocenters. The van der Waals surface area contributed by atoms with E-state index in [9.17, 15) is 4.79 Å². The lowest BCUT2D eigenvalue weighted by atomic mass is 10.2. The van der Waals surface area contributed by atoms with Crippen molar-refractivity contribution in [1.82, 2.24) is 10.2 Å². The maximum absolute atomic E-state index is 12.0. The minimum absolute atomic E-state index is 0.376. The number of nitrogens with zero attached hydrogens (tertiary/aromatic N) is 2. The van der Waals surface area contributed by atoms with E-state index in [1.165, 1.54) is 0 Å². The first kappa shape index (κ1) is 12.7. The number of carbonyl (C=O) groups is 1. The zero-order chi connectivity index (χ0) is 14.7. The van der Waals surface area contributed by atoms with Gasteiger partial charge in [0, 0.05) is 11.1 Å². The molecule has 0 fully saturated rings. The Kier molecular flexibility index (Phi) is 3.23. The summed E-state index contributed by atoms with van der Waals surface area (Å²) in [5.41, 5.74) is 2.56. The Morgan fingerprint density at radius 3 is 2.90 bits per heavy atom. The summed E-state index contributed by atoms with van der Waals surface area (Å²) >= 11 is 0. The van der Waals surface area contributed by atoms with Crippen LogP contribution in [-0.4, -0.2) is 16.2 Å². The Bertz CT molecular complexity index is 846. The number of hydrogen-bond donors (Lipinski definition) is 3. The number of nitriles is 1. The van der Waals surface area contributed by atoms with Crippen molar-refractivity contribution in [2.45, 2.75) is 0 Å². The van der Waals surface area contributed by atoms with Crippen molar-refractivity contribution in [3.63, 3.8) is 0 Å². The maximum atomic E-state index is 12.0. The van der Waals surface area contributed by atoms with Gasteiger partial charge in [0.05, 0.1) is 29.0 Å². The summed E-state index contributed by atoms with van der Waals surface area (Å²) < 4.78 is 0. The van der Waals surface area contributed by atoms with Crippen molar-refractivity contribution >= 4 is 28.3 Å². The number of urea groups is 1. The van der Waals surface area contributed by atoms with Gasteiger partial charge in [-0.3, -0.25) is 5.10 Å². The fourth-order valence-electron chi connectivity index (χ4n) is 2.03. The van der Waals surface area contributed by atoms with Crippen LogP contribution < -0.4 is 10.6 Å². The predicted molar refractivity (Wildman–Crippen MR) is 79.9 cm³/mol. The molecular formula is C15H11N5O. The molecule has 0 bridgehead atoms. The highest BCUT2D eigenvalue weighted by Gasteiger charge is 2.07. The molecule has 0 atom stereocenters. The van der Waals surface area contributed by atoms with E-state index in [1.54, 1.807) is 36.5 Å². The molecule has 6 nitrogen and oxygen atoms in total. The molecule has 0 saturated carbocycles. The molecule has 0 saturated heterocycles. The maximum Gasteiger partial charge on any atom is 0.323 e. The van der Waals surface area contributed by atoms with Crippen LogP contribution in [0.3, 0.4) is 0 Å². The van der Waals surface area contributed by atoms with Gasteiger partial charge in [0.25, 0.3) is 0 Å². The van der Waals surface area contributed by atoms with Crippen LogP contribution in [0.1, 0.15) is 5.56 Å². The van der Waals surface area contributed by atoms with Crippen molar-refractivity contribution < 1.29 is 4.79 Å². The van der Waals surface area contributed by atoms with Gasteiger partial charge in [-0.1, -0.05) is 12.1 Å². The third-order valence-corrected chi connectivity index (χ3v) is 2.98. The largest absolute Gasteiger partial charge is 0.323 e. The van der Waals surface area contributed by atoms with E-state index >= 15 is 0 Å². The number of aromatic amines is 1. The Hall–Kier alpha value is -3.33. The molecule has 3 rings (SSSR count). The Morgan fingerprint density at radius 1 is 1.19 bits per heavy atom. The molecule has 0 aliphatic rings. The van der Waals surface area contributed by atoms with Crippen molar-refractivity contribution in [3.05, 3.63) is 54.2 Å². The lowest BCUT2D eigenvalue weighted by Crippen LogP contribution is -2.19. The van der Waals surface area contributed by atoms with Gasteiger partial charge in [-0.25, -0.2) is 4.79 Å². The number of H-pyrrole nitrogens is 1. The van der Waals surface area contributed by atoms with Crippen molar-refractivity contribution in [2.24, 2.45) is 0 Å². The molecule has 3 N–H and O–H groups in total. The van der Waals surface area contributed by atoms with Crippen LogP contribution in [0.4, 0.5) is 16.2 Å². The molecule has 102 valence electrons. The van der Waals surface area contributed by atoms with E-state index in [-0.39, 0.29) is 6.03 Å². The molecule has 2 amide bonds. The average Bonchev–Trinajstić information content (AvgIpc) is 2.97.